The van der Waals surface area contributed by atoms with E-state index in [4.69, 9.17) is 4.84 Å². The SMILES string of the molecule is O=C(Nc1ccccc1)C1=NO[C@@]2(CCCNC2)C1. The Balaban J connectivity index is 1.63. The lowest BCUT2D eigenvalue weighted by Gasteiger charge is -2.30. The summed E-state index contributed by atoms with van der Waals surface area (Å²) in [5.41, 5.74) is 0.951. The zero-order valence-corrected chi connectivity index (χ0v) is 10.7. The van der Waals surface area contributed by atoms with E-state index in [-0.39, 0.29) is 11.5 Å². The van der Waals surface area contributed by atoms with Crippen LogP contribution in [-0.4, -0.2) is 30.3 Å². The average molecular weight is 259 g/mol. The maximum atomic E-state index is 12.1. The van der Waals surface area contributed by atoms with Gasteiger partial charge in [-0.2, -0.15) is 0 Å². The number of anilines is 1. The van der Waals surface area contributed by atoms with Crippen molar-refractivity contribution >= 4 is 17.3 Å². The molecule has 0 bridgehead atoms. The molecular weight excluding hydrogens is 242 g/mol. The molecule has 0 saturated carbocycles. The lowest BCUT2D eigenvalue weighted by atomic mass is 9.89. The van der Waals surface area contributed by atoms with Gasteiger partial charge in [-0.25, -0.2) is 0 Å². The lowest BCUT2D eigenvalue weighted by molar-refractivity contribution is -0.110. The molecule has 3 rings (SSSR count). The van der Waals surface area contributed by atoms with E-state index in [9.17, 15) is 4.79 Å². The van der Waals surface area contributed by atoms with Crippen molar-refractivity contribution in [3.8, 4) is 0 Å². The van der Waals surface area contributed by atoms with Crippen LogP contribution in [0.2, 0.25) is 0 Å². The van der Waals surface area contributed by atoms with E-state index in [1.807, 2.05) is 30.3 Å². The standard InChI is InChI=1S/C14H17N3O2/c18-13(16-11-5-2-1-3-6-11)12-9-14(19-17-12)7-4-8-15-10-14/h1-3,5-6,15H,4,7-10H2,(H,16,18)/t14-/m0/s1. The number of nitrogens with one attached hydrogen (secondary N) is 2. The van der Waals surface area contributed by atoms with Gasteiger partial charge in [-0.1, -0.05) is 23.4 Å². The number of hydrogen-bond donors (Lipinski definition) is 2. The highest BCUT2D eigenvalue weighted by molar-refractivity contribution is 6.43. The molecule has 1 aromatic rings. The zero-order chi connectivity index (χ0) is 13.1. The van der Waals surface area contributed by atoms with Gasteiger partial charge in [0.25, 0.3) is 5.91 Å². The smallest absolute Gasteiger partial charge is 0.273 e. The van der Waals surface area contributed by atoms with Gasteiger partial charge in [0.2, 0.25) is 0 Å². The van der Waals surface area contributed by atoms with Crippen LogP contribution in [0.5, 0.6) is 0 Å². The third-order valence-electron chi connectivity index (χ3n) is 3.57. The van der Waals surface area contributed by atoms with Crippen LogP contribution < -0.4 is 10.6 Å². The highest BCUT2D eigenvalue weighted by Crippen LogP contribution is 2.30. The Morgan fingerprint density at radius 2 is 2.21 bits per heavy atom. The van der Waals surface area contributed by atoms with Crippen LogP contribution in [-0.2, 0) is 9.63 Å². The van der Waals surface area contributed by atoms with Gasteiger partial charge in [0, 0.05) is 18.7 Å². The molecule has 0 aliphatic carbocycles. The van der Waals surface area contributed by atoms with E-state index in [1.54, 1.807) is 0 Å². The molecule has 0 aromatic heterocycles. The van der Waals surface area contributed by atoms with Gasteiger partial charge >= 0.3 is 0 Å². The molecule has 5 heteroatoms. The number of nitrogens with zero attached hydrogens (tertiary/aromatic N) is 1. The van der Waals surface area contributed by atoms with Crippen LogP contribution in [0, 0.1) is 0 Å². The number of oxime groups is 1. The van der Waals surface area contributed by atoms with E-state index < -0.39 is 0 Å². The minimum atomic E-state index is -0.304. The summed E-state index contributed by atoms with van der Waals surface area (Å²) in [6, 6.07) is 9.39. The zero-order valence-electron chi connectivity index (χ0n) is 10.7. The molecular formula is C14H17N3O2. The number of benzene rings is 1. The quantitative estimate of drug-likeness (QED) is 0.846. The van der Waals surface area contributed by atoms with Gasteiger partial charge in [0.1, 0.15) is 5.71 Å². The Labute approximate surface area is 112 Å². The molecule has 1 amide bonds. The van der Waals surface area contributed by atoms with Crippen molar-refractivity contribution in [1.82, 2.24) is 5.32 Å². The number of piperidine rings is 1. The number of para-hydroxylation sites is 1. The molecule has 0 unspecified atom stereocenters. The fraction of sp³-hybridized carbons (Fsp3) is 0.429. The van der Waals surface area contributed by atoms with Crippen molar-refractivity contribution in [3.63, 3.8) is 0 Å². The maximum Gasteiger partial charge on any atom is 0.273 e. The van der Waals surface area contributed by atoms with E-state index in [1.165, 1.54) is 0 Å². The number of carbonyl (C=O) groups is 1. The molecule has 1 fully saturated rings. The van der Waals surface area contributed by atoms with Gasteiger partial charge in [0.15, 0.2) is 5.60 Å². The Hall–Kier alpha value is -1.88. The molecule has 2 aliphatic heterocycles. The third kappa shape index (κ3) is 2.61. The first-order chi connectivity index (χ1) is 9.27. The molecule has 2 aliphatic rings. The highest BCUT2D eigenvalue weighted by Gasteiger charge is 2.42. The molecule has 5 nitrogen and oxygen atoms in total. The van der Waals surface area contributed by atoms with E-state index in [0.717, 1.165) is 31.6 Å². The first-order valence-corrected chi connectivity index (χ1v) is 6.60. The maximum absolute atomic E-state index is 12.1. The Morgan fingerprint density at radius 1 is 1.37 bits per heavy atom. The average Bonchev–Trinajstić information content (AvgIpc) is 2.85. The Kier molecular flexibility index (Phi) is 3.21. The molecule has 2 N–H and O–H groups in total. The molecule has 1 aromatic carbocycles. The van der Waals surface area contributed by atoms with Crippen LogP contribution in [0.1, 0.15) is 19.3 Å². The van der Waals surface area contributed by atoms with Crippen molar-refractivity contribution in [2.45, 2.75) is 24.9 Å². The minimum absolute atomic E-state index is 0.173. The first-order valence-electron chi connectivity index (χ1n) is 6.60. The van der Waals surface area contributed by atoms with Gasteiger partial charge in [0.05, 0.1) is 0 Å². The second-order valence-electron chi connectivity index (χ2n) is 5.09. The number of rotatable bonds is 2. The summed E-state index contributed by atoms with van der Waals surface area (Å²) < 4.78 is 0. The van der Waals surface area contributed by atoms with E-state index in [2.05, 4.69) is 15.8 Å². The second-order valence-corrected chi connectivity index (χ2v) is 5.09. The van der Waals surface area contributed by atoms with Crippen LogP contribution in [0.25, 0.3) is 0 Å². The normalized spacial score (nSPS) is 25.8. The largest absolute Gasteiger partial charge is 0.387 e. The summed E-state index contributed by atoms with van der Waals surface area (Å²) in [5, 5.41) is 10.1. The second kappa shape index (κ2) is 5.01. The lowest BCUT2D eigenvalue weighted by Crippen LogP contribution is -2.46. The summed E-state index contributed by atoms with van der Waals surface area (Å²) in [4.78, 5) is 17.6. The molecule has 19 heavy (non-hydrogen) atoms. The van der Waals surface area contributed by atoms with Crippen molar-refractivity contribution in [3.05, 3.63) is 30.3 Å². The van der Waals surface area contributed by atoms with Gasteiger partial charge < -0.3 is 15.5 Å². The monoisotopic (exact) mass is 259 g/mol. The first kappa shape index (κ1) is 12.2. The van der Waals surface area contributed by atoms with Crippen molar-refractivity contribution in [2.24, 2.45) is 5.16 Å². The Bertz CT molecular complexity index is 493. The predicted molar refractivity (Wildman–Crippen MR) is 73.0 cm³/mol. The molecule has 1 spiro atoms. The third-order valence-corrected chi connectivity index (χ3v) is 3.57. The van der Waals surface area contributed by atoms with E-state index in [0.29, 0.717) is 12.1 Å². The number of amides is 1. The fourth-order valence-electron chi connectivity index (χ4n) is 2.54. The molecule has 2 heterocycles. The summed E-state index contributed by atoms with van der Waals surface area (Å²) in [7, 11) is 0. The summed E-state index contributed by atoms with van der Waals surface area (Å²) in [6.07, 6.45) is 2.59. The molecule has 0 radical (unpaired) electrons. The highest BCUT2D eigenvalue weighted by atomic mass is 16.7. The number of hydrogen-bond acceptors (Lipinski definition) is 4. The van der Waals surface area contributed by atoms with Crippen LogP contribution in [0.15, 0.2) is 35.5 Å². The van der Waals surface area contributed by atoms with Crippen LogP contribution >= 0.6 is 0 Å². The summed E-state index contributed by atoms with van der Waals surface area (Å²) in [5.74, 6) is -0.173. The van der Waals surface area contributed by atoms with Gasteiger partial charge in [-0.3, -0.25) is 4.79 Å². The molecule has 1 saturated heterocycles. The van der Waals surface area contributed by atoms with Gasteiger partial charge in [-0.15, -0.1) is 0 Å². The molecule has 1 atom stereocenters. The summed E-state index contributed by atoms with van der Waals surface area (Å²) >= 11 is 0. The van der Waals surface area contributed by atoms with Gasteiger partial charge in [-0.05, 0) is 31.5 Å². The minimum Gasteiger partial charge on any atom is -0.387 e. The van der Waals surface area contributed by atoms with Crippen molar-refractivity contribution in [2.75, 3.05) is 18.4 Å². The van der Waals surface area contributed by atoms with Crippen LogP contribution in [0.4, 0.5) is 5.69 Å². The molecule has 100 valence electrons. The fourth-order valence-corrected chi connectivity index (χ4v) is 2.54. The topological polar surface area (TPSA) is 62.7 Å². The Morgan fingerprint density at radius 3 is 2.95 bits per heavy atom. The van der Waals surface area contributed by atoms with Crippen molar-refractivity contribution < 1.29 is 9.63 Å². The number of carbonyl (C=O) groups excluding carboxylic acids is 1. The predicted octanol–water partition coefficient (Wildman–Crippen LogP) is 1.52. The van der Waals surface area contributed by atoms with Crippen LogP contribution in [0.3, 0.4) is 0 Å². The summed E-state index contributed by atoms with van der Waals surface area (Å²) in [6.45, 7) is 1.77. The van der Waals surface area contributed by atoms with E-state index >= 15 is 0 Å². The van der Waals surface area contributed by atoms with Crippen molar-refractivity contribution in [1.29, 1.82) is 0 Å².